The molecule has 3 rings (SSSR count). The molecule has 0 aliphatic carbocycles. The van der Waals surface area contributed by atoms with Crippen LogP contribution < -0.4 is 16.3 Å². The molecule has 0 radical (unpaired) electrons. The van der Waals surface area contributed by atoms with E-state index < -0.39 is 0 Å². The summed E-state index contributed by atoms with van der Waals surface area (Å²) in [5, 5.41) is 0. The summed E-state index contributed by atoms with van der Waals surface area (Å²) in [6.45, 7) is 24.4. The van der Waals surface area contributed by atoms with E-state index in [4.69, 9.17) is 0 Å². The summed E-state index contributed by atoms with van der Waals surface area (Å²) >= 11 is 0. The van der Waals surface area contributed by atoms with Crippen molar-refractivity contribution in [3.8, 4) is 0 Å². The molecule has 3 atom stereocenters. The lowest BCUT2D eigenvalue weighted by Crippen LogP contribution is -2.70. The molecule has 0 aromatic carbocycles. The van der Waals surface area contributed by atoms with E-state index in [0.717, 1.165) is 19.6 Å². The van der Waals surface area contributed by atoms with Gasteiger partial charge in [-0.1, -0.05) is 62.3 Å². The van der Waals surface area contributed by atoms with E-state index in [0.29, 0.717) is 18.1 Å². The van der Waals surface area contributed by atoms with Crippen molar-refractivity contribution in [1.29, 1.82) is 0 Å². The first-order valence-electron chi connectivity index (χ1n) is 11.4. The van der Waals surface area contributed by atoms with Crippen molar-refractivity contribution >= 4 is 7.12 Å². The van der Waals surface area contributed by atoms with Crippen LogP contribution in [0.1, 0.15) is 81.6 Å². The maximum absolute atomic E-state index is 3.86. The van der Waals surface area contributed by atoms with E-state index in [1.54, 1.807) is 0 Å². The fraction of sp³-hybridized carbons (Fsp3) is 1.00. The summed E-state index contributed by atoms with van der Waals surface area (Å²) in [5.41, 5.74) is 12.4. The van der Waals surface area contributed by atoms with Crippen LogP contribution in [0.25, 0.3) is 0 Å². The summed E-state index contributed by atoms with van der Waals surface area (Å²) in [4.78, 5) is 7.43. The van der Waals surface area contributed by atoms with Crippen LogP contribution in [0.15, 0.2) is 0 Å². The van der Waals surface area contributed by atoms with Gasteiger partial charge in [-0.2, -0.15) is 0 Å². The van der Waals surface area contributed by atoms with E-state index >= 15 is 0 Å². The SMILES string of the molecule is CC(C)(C)C1CCN(B(N2CCC(C(C)(C)C)N2)N2CCC(C(C)(C)C)N2)N1. The summed E-state index contributed by atoms with van der Waals surface area (Å²) < 4.78 is 0. The van der Waals surface area contributed by atoms with Gasteiger partial charge >= 0.3 is 7.12 Å². The standard InChI is InChI=1S/C21H45BN6/c1-19(2,3)16-10-13-26(23-16)22(27-14-11-17(24-27)20(4,5)6)28-15-12-18(25-28)21(7,8)9/h16-18,23-25H,10-15H2,1-9H3. The second-order valence-electron chi connectivity index (χ2n) is 12.4. The van der Waals surface area contributed by atoms with Crippen LogP contribution in [0.2, 0.25) is 0 Å². The second-order valence-corrected chi connectivity index (χ2v) is 12.4. The first kappa shape index (κ1) is 22.5. The van der Waals surface area contributed by atoms with Crippen molar-refractivity contribution in [1.82, 2.24) is 31.0 Å². The molecular weight excluding hydrogens is 347 g/mol. The number of hydrazine groups is 3. The topological polar surface area (TPSA) is 45.8 Å². The molecular formula is C21H45BN6. The molecule has 7 heteroatoms. The Balaban J connectivity index is 1.76. The molecule has 0 aromatic heterocycles. The molecule has 3 aliphatic heterocycles. The fourth-order valence-electron chi connectivity index (χ4n) is 4.72. The average Bonchev–Trinajstić information content (AvgIpc) is 3.26. The molecule has 0 amide bonds. The maximum Gasteiger partial charge on any atom is 0.446 e. The third kappa shape index (κ3) is 4.93. The minimum absolute atomic E-state index is 0.201. The first-order valence-corrected chi connectivity index (χ1v) is 11.4. The summed E-state index contributed by atoms with van der Waals surface area (Å²) in [6.07, 6.45) is 3.60. The van der Waals surface area contributed by atoms with Gasteiger partial charge in [-0.05, 0) is 35.5 Å². The second kappa shape index (κ2) is 7.82. The van der Waals surface area contributed by atoms with Gasteiger partial charge in [0.15, 0.2) is 0 Å². The van der Waals surface area contributed by atoms with Crippen LogP contribution in [0.5, 0.6) is 0 Å². The molecule has 3 aliphatic rings. The molecule has 28 heavy (non-hydrogen) atoms. The highest BCUT2D eigenvalue weighted by atomic mass is 15.7. The molecule has 0 saturated carbocycles. The van der Waals surface area contributed by atoms with Crippen molar-refractivity contribution < 1.29 is 0 Å². The first-order chi connectivity index (χ1) is 12.8. The lowest BCUT2D eigenvalue weighted by atomic mass is 9.86. The molecule has 0 bridgehead atoms. The van der Waals surface area contributed by atoms with Crippen LogP contribution in [0.4, 0.5) is 0 Å². The van der Waals surface area contributed by atoms with Gasteiger partial charge in [0.2, 0.25) is 0 Å². The van der Waals surface area contributed by atoms with Crippen LogP contribution in [0.3, 0.4) is 0 Å². The van der Waals surface area contributed by atoms with Gasteiger partial charge in [-0.15, -0.1) is 0 Å². The van der Waals surface area contributed by atoms with Crippen molar-refractivity contribution in [3.05, 3.63) is 0 Å². The van der Waals surface area contributed by atoms with Gasteiger partial charge < -0.3 is 0 Å². The molecule has 3 unspecified atom stereocenters. The monoisotopic (exact) mass is 392 g/mol. The molecule has 0 aromatic rings. The molecule has 3 fully saturated rings. The van der Waals surface area contributed by atoms with Gasteiger partial charge in [0.05, 0.1) is 0 Å². The number of nitrogens with zero attached hydrogens (tertiary/aromatic N) is 3. The Hall–Kier alpha value is -0.175. The molecule has 162 valence electrons. The Morgan fingerprint density at radius 1 is 0.536 bits per heavy atom. The van der Waals surface area contributed by atoms with E-state index in [2.05, 4.69) is 93.4 Å². The third-order valence-corrected chi connectivity index (χ3v) is 6.91. The minimum atomic E-state index is 0.201. The summed E-state index contributed by atoms with van der Waals surface area (Å²) in [5.74, 6) is 0. The maximum atomic E-state index is 3.86. The predicted octanol–water partition coefficient (Wildman–Crippen LogP) is 2.85. The van der Waals surface area contributed by atoms with Gasteiger partial charge in [0.1, 0.15) is 0 Å². The smallest absolute Gasteiger partial charge is 0.260 e. The number of hydrogen-bond donors (Lipinski definition) is 3. The fourth-order valence-corrected chi connectivity index (χ4v) is 4.72. The van der Waals surface area contributed by atoms with Gasteiger partial charge in [0, 0.05) is 37.8 Å². The highest BCUT2D eigenvalue weighted by Crippen LogP contribution is 2.32. The highest BCUT2D eigenvalue weighted by molar-refractivity contribution is 6.49. The summed E-state index contributed by atoms with van der Waals surface area (Å²) in [6, 6.07) is 1.58. The van der Waals surface area contributed by atoms with Gasteiger partial charge in [-0.3, -0.25) is 16.3 Å². The predicted molar refractivity (Wildman–Crippen MR) is 119 cm³/mol. The van der Waals surface area contributed by atoms with Crippen LogP contribution >= 0.6 is 0 Å². The Labute approximate surface area is 174 Å². The highest BCUT2D eigenvalue weighted by Gasteiger charge is 2.49. The molecule has 6 nitrogen and oxygen atoms in total. The van der Waals surface area contributed by atoms with Crippen LogP contribution in [-0.4, -0.2) is 59.6 Å². The van der Waals surface area contributed by atoms with Crippen molar-refractivity contribution in [2.45, 2.75) is 99.7 Å². The molecule has 3 saturated heterocycles. The molecule has 3 N–H and O–H groups in total. The Kier molecular flexibility index (Phi) is 6.29. The van der Waals surface area contributed by atoms with Gasteiger partial charge in [0.25, 0.3) is 0 Å². The molecule has 0 spiro atoms. The number of nitrogens with one attached hydrogen (secondary N) is 3. The van der Waals surface area contributed by atoms with Crippen molar-refractivity contribution in [2.75, 3.05) is 19.6 Å². The molecule has 3 heterocycles. The van der Waals surface area contributed by atoms with Crippen LogP contribution in [0, 0.1) is 16.2 Å². The summed E-state index contributed by atoms with van der Waals surface area (Å²) in [7, 11) is 0.201. The number of hydrogen-bond acceptors (Lipinski definition) is 6. The largest absolute Gasteiger partial charge is 0.446 e. The van der Waals surface area contributed by atoms with E-state index in [1.165, 1.54) is 19.3 Å². The average molecular weight is 392 g/mol. The van der Waals surface area contributed by atoms with Crippen LogP contribution in [-0.2, 0) is 0 Å². The van der Waals surface area contributed by atoms with Gasteiger partial charge in [-0.25, -0.2) is 14.8 Å². The lowest BCUT2D eigenvalue weighted by molar-refractivity contribution is 0.170. The normalized spacial score (nSPS) is 31.8. The van der Waals surface area contributed by atoms with E-state index in [-0.39, 0.29) is 23.4 Å². The van der Waals surface area contributed by atoms with E-state index in [1.807, 2.05) is 0 Å². The Bertz CT molecular complexity index is 458. The third-order valence-electron chi connectivity index (χ3n) is 6.91. The lowest BCUT2D eigenvalue weighted by Gasteiger charge is -2.40. The zero-order chi connectivity index (χ0) is 20.9. The van der Waals surface area contributed by atoms with E-state index in [9.17, 15) is 0 Å². The van der Waals surface area contributed by atoms with Crippen molar-refractivity contribution in [2.24, 2.45) is 16.2 Å². The Morgan fingerprint density at radius 3 is 0.964 bits per heavy atom. The Morgan fingerprint density at radius 2 is 0.786 bits per heavy atom. The van der Waals surface area contributed by atoms with Crippen molar-refractivity contribution in [3.63, 3.8) is 0 Å². The number of rotatable bonds is 3. The zero-order valence-electron chi connectivity index (χ0n) is 19.9. The quantitative estimate of drug-likeness (QED) is 0.642. The minimum Gasteiger partial charge on any atom is -0.260 e. The zero-order valence-corrected chi connectivity index (χ0v) is 19.9.